The maximum absolute atomic E-state index is 5.95. The second kappa shape index (κ2) is 11.7. The first-order chi connectivity index (χ1) is 10.7. The fraction of sp³-hybridized carbons (Fsp3) is 0.400. The summed E-state index contributed by atoms with van der Waals surface area (Å²) in [5.74, 6) is 1.55. The van der Waals surface area contributed by atoms with E-state index in [4.69, 9.17) is 9.47 Å². The van der Waals surface area contributed by atoms with E-state index >= 15 is 0 Å². The lowest BCUT2D eigenvalue weighted by molar-refractivity contribution is 0.216. The van der Waals surface area contributed by atoms with Gasteiger partial charge in [-0.3, -0.25) is 0 Å². The van der Waals surface area contributed by atoms with Gasteiger partial charge < -0.3 is 9.47 Å². The van der Waals surface area contributed by atoms with Crippen LogP contribution in [0.2, 0.25) is 0 Å². The molecule has 0 saturated heterocycles. The van der Waals surface area contributed by atoms with E-state index in [0.717, 1.165) is 22.6 Å². The number of aryl methyl sites for hydroxylation is 1. The van der Waals surface area contributed by atoms with Crippen molar-refractivity contribution in [3.8, 4) is 11.5 Å². The zero-order chi connectivity index (χ0) is 17.0. The molecule has 0 fully saturated rings. The predicted octanol–water partition coefficient (Wildman–Crippen LogP) is 6.20. The van der Waals surface area contributed by atoms with Gasteiger partial charge in [0.15, 0.2) is 11.5 Å². The molecule has 122 valence electrons. The van der Waals surface area contributed by atoms with Gasteiger partial charge >= 0.3 is 0 Å². The van der Waals surface area contributed by atoms with E-state index in [9.17, 15) is 0 Å². The molecule has 0 spiro atoms. The molecule has 0 N–H and O–H groups in total. The molecule has 0 radical (unpaired) electrons. The van der Waals surface area contributed by atoms with Crippen LogP contribution in [-0.4, -0.2) is 7.11 Å². The second-order valence-corrected chi connectivity index (χ2v) is 4.33. The van der Waals surface area contributed by atoms with E-state index in [-0.39, 0.29) is 6.10 Å². The molecule has 0 saturated carbocycles. The highest BCUT2D eigenvalue weighted by molar-refractivity contribution is 5.43. The highest BCUT2D eigenvalue weighted by atomic mass is 16.5. The zero-order valence-electron chi connectivity index (χ0n) is 15.0. The molecular weight excluding hydrogens is 272 g/mol. The smallest absolute Gasteiger partial charge is 0.162 e. The van der Waals surface area contributed by atoms with Crippen LogP contribution in [0.3, 0.4) is 0 Å². The molecule has 0 aliphatic carbocycles. The molecule has 0 aliphatic heterocycles. The largest absolute Gasteiger partial charge is 0.493 e. The van der Waals surface area contributed by atoms with Crippen molar-refractivity contribution in [1.82, 2.24) is 0 Å². The third-order valence-electron chi connectivity index (χ3n) is 2.89. The number of methoxy groups -OCH3 is 1. The quantitative estimate of drug-likeness (QED) is 0.669. The van der Waals surface area contributed by atoms with Gasteiger partial charge in [0.25, 0.3) is 0 Å². The summed E-state index contributed by atoms with van der Waals surface area (Å²) in [5.41, 5.74) is 2.31. The Hall–Kier alpha value is -1.96. The summed E-state index contributed by atoms with van der Waals surface area (Å²) in [4.78, 5) is 0. The Morgan fingerprint density at radius 1 is 0.818 bits per heavy atom. The van der Waals surface area contributed by atoms with E-state index in [2.05, 4.69) is 12.1 Å². The van der Waals surface area contributed by atoms with Crippen molar-refractivity contribution >= 4 is 0 Å². The molecule has 0 bridgehead atoms. The fourth-order valence-corrected chi connectivity index (χ4v) is 1.85. The summed E-state index contributed by atoms with van der Waals surface area (Å²) in [5, 5.41) is 0. The number of hydrogen-bond acceptors (Lipinski definition) is 2. The molecule has 0 aromatic heterocycles. The SMILES string of the molecule is CC.CC.COc1cc(C)ccc1OC(C)c1ccccc1. The van der Waals surface area contributed by atoms with Crippen molar-refractivity contribution < 1.29 is 9.47 Å². The standard InChI is InChI=1S/C16H18O2.2C2H6/c1-12-9-10-15(16(11-12)17-3)18-13(2)14-7-5-4-6-8-14;2*1-2/h4-11,13H,1-3H3;2*1-2H3. The average Bonchev–Trinajstić information content (AvgIpc) is 2.60. The van der Waals surface area contributed by atoms with Crippen molar-refractivity contribution in [1.29, 1.82) is 0 Å². The Morgan fingerprint density at radius 2 is 1.41 bits per heavy atom. The van der Waals surface area contributed by atoms with E-state index < -0.39 is 0 Å². The monoisotopic (exact) mass is 302 g/mol. The van der Waals surface area contributed by atoms with Gasteiger partial charge in [-0.15, -0.1) is 0 Å². The second-order valence-electron chi connectivity index (χ2n) is 4.33. The average molecular weight is 302 g/mol. The third-order valence-corrected chi connectivity index (χ3v) is 2.89. The molecule has 0 aliphatic rings. The van der Waals surface area contributed by atoms with Crippen molar-refractivity contribution in [2.45, 2.75) is 47.6 Å². The lowest BCUT2D eigenvalue weighted by Gasteiger charge is -2.17. The summed E-state index contributed by atoms with van der Waals surface area (Å²) in [6, 6.07) is 16.1. The molecule has 22 heavy (non-hydrogen) atoms. The first-order valence-electron chi connectivity index (χ1n) is 8.07. The fourth-order valence-electron chi connectivity index (χ4n) is 1.85. The lowest BCUT2D eigenvalue weighted by Crippen LogP contribution is -2.04. The van der Waals surface area contributed by atoms with E-state index in [0.29, 0.717) is 0 Å². The summed E-state index contributed by atoms with van der Waals surface area (Å²) in [6.45, 7) is 12.1. The molecule has 1 atom stereocenters. The first kappa shape index (κ1) is 20.0. The van der Waals surface area contributed by atoms with Crippen LogP contribution in [-0.2, 0) is 0 Å². The summed E-state index contributed by atoms with van der Waals surface area (Å²) in [6.07, 6.45) is 0.00260. The maximum atomic E-state index is 5.95. The van der Waals surface area contributed by atoms with E-state index in [1.165, 1.54) is 0 Å². The maximum Gasteiger partial charge on any atom is 0.162 e. The number of hydrogen-bond donors (Lipinski definition) is 0. The van der Waals surface area contributed by atoms with Gasteiger partial charge in [0.05, 0.1) is 7.11 Å². The van der Waals surface area contributed by atoms with Crippen LogP contribution < -0.4 is 9.47 Å². The Labute approximate surface area is 136 Å². The molecule has 2 nitrogen and oxygen atoms in total. The highest BCUT2D eigenvalue weighted by Gasteiger charge is 2.10. The minimum Gasteiger partial charge on any atom is -0.493 e. The Bertz CT molecular complexity index is 506. The number of ether oxygens (including phenoxy) is 2. The Kier molecular flexibility index (Phi) is 10.6. The van der Waals surface area contributed by atoms with Crippen LogP contribution in [0.25, 0.3) is 0 Å². The third kappa shape index (κ3) is 6.21. The van der Waals surface area contributed by atoms with Gasteiger partial charge in [-0.05, 0) is 37.1 Å². The zero-order valence-corrected chi connectivity index (χ0v) is 15.0. The molecule has 2 rings (SSSR count). The summed E-state index contributed by atoms with van der Waals surface area (Å²) >= 11 is 0. The number of benzene rings is 2. The van der Waals surface area contributed by atoms with Crippen molar-refractivity contribution in [3.63, 3.8) is 0 Å². The molecular formula is C20H30O2. The van der Waals surface area contributed by atoms with Crippen LogP contribution in [0.4, 0.5) is 0 Å². The Morgan fingerprint density at radius 3 is 1.95 bits per heavy atom. The van der Waals surface area contributed by atoms with Gasteiger partial charge in [-0.1, -0.05) is 64.1 Å². The summed E-state index contributed by atoms with van der Waals surface area (Å²) < 4.78 is 11.3. The molecule has 2 heteroatoms. The normalized spacial score (nSPS) is 10.3. The van der Waals surface area contributed by atoms with Crippen LogP contribution in [0.1, 0.15) is 51.8 Å². The van der Waals surface area contributed by atoms with Crippen LogP contribution >= 0.6 is 0 Å². The van der Waals surface area contributed by atoms with Crippen molar-refractivity contribution in [2.75, 3.05) is 7.11 Å². The van der Waals surface area contributed by atoms with Gasteiger partial charge in [0.1, 0.15) is 6.10 Å². The predicted molar refractivity (Wildman–Crippen MR) is 95.9 cm³/mol. The van der Waals surface area contributed by atoms with Gasteiger partial charge in [-0.25, -0.2) is 0 Å². The van der Waals surface area contributed by atoms with E-state index in [1.807, 2.05) is 77.9 Å². The van der Waals surface area contributed by atoms with Crippen LogP contribution in [0.15, 0.2) is 48.5 Å². The molecule has 1 unspecified atom stereocenters. The highest BCUT2D eigenvalue weighted by Crippen LogP contribution is 2.31. The van der Waals surface area contributed by atoms with Crippen molar-refractivity contribution in [2.24, 2.45) is 0 Å². The summed E-state index contributed by atoms with van der Waals surface area (Å²) in [7, 11) is 1.66. The molecule has 0 amide bonds. The van der Waals surface area contributed by atoms with Crippen LogP contribution in [0.5, 0.6) is 11.5 Å². The van der Waals surface area contributed by atoms with Gasteiger partial charge in [-0.2, -0.15) is 0 Å². The van der Waals surface area contributed by atoms with Gasteiger partial charge in [0.2, 0.25) is 0 Å². The van der Waals surface area contributed by atoms with E-state index in [1.54, 1.807) is 7.11 Å². The molecule has 2 aromatic rings. The first-order valence-corrected chi connectivity index (χ1v) is 8.07. The topological polar surface area (TPSA) is 18.5 Å². The van der Waals surface area contributed by atoms with Gasteiger partial charge in [0, 0.05) is 0 Å². The Balaban J connectivity index is 0.00000102. The minimum atomic E-state index is 0.00260. The molecule has 2 aromatic carbocycles. The van der Waals surface area contributed by atoms with Crippen molar-refractivity contribution in [3.05, 3.63) is 59.7 Å². The minimum absolute atomic E-state index is 0.00260. The number of rotatable bonds is 4. The van der Waals surface area contributed by atoms with Crippen LogP contribution in [0, 0.1) is 6.92 Å². The molecule has 0 heterocycles. The lowest BCUT2D eigenvalue weighted by atomic mass is 10.1.